The smallest absolute Gasteiger partial charge is 0.400 e. The molecule has 114 valence electrons. The first-order chi connectivity index (χ1) is 9.31. The van der Waals surface area contributed by atoms with Gasteiger partial charge in [-0.15, -0.1) is 0 Å². The van der Waals surface area contributed by atoms with Crippen LogP contribution < -0.4 is 4.74 Å². The first kappa shape index (κ1) is 15.1. The van der Waals surface area contributed by atoms with Crippen molar-refractivity contribution in [1.82, 2.24) is 0 Å². The summed E-state index contributed by atoms with van der Waals surface area (Å²) in [5, 5.41) is 0. The van der Waals surface area contributed by atoms with Gasteiger partial charge in [-0.05, 0) is 37.3 Å². The number of benzene rings is 1. The highest BCUT2D eigenvalue weighted by Gasteiger charge is 2.44. The zero-order valence-corrected chi connectivity index (χ0v) is 11.6. The lowest BCUT2D eigenvalue weighted by Crippen LogP contribution is -2.37. The highest BCUT2D eigenvalue weighted by molar-refractivity contribution is 5.30. The van der Waals surface area contributed by atoms with E-state index in [1.807, 2.05) is 6.92 Å². The lowest BCUT2D eigenvalue weighted by Gasteiger charge is -2.32. The van der Waals surface area contributed by atoms with Crippen LogP contribution in [-0.4, -0.2) is 6.11 Å². The Hall–Kier alpha value is -1.26. The maximum absolute atomic E-state index is 14.0. The van der Waals surface area contributed by atoms with Crippen molar-refractivity contribution in [3.63, 3.8) is 0 Å². The van der Waals surface area contributed by atoms with E-state index >= 15 is 0 Å². The zero-order valence-electron chi connectivity index (χ0n) is 11.6. The van der Waals surface area contributed by atoms with Gasteiger partial charge < -0.3 is 4.74 Å². The minimum absolute atomic E-state index is 0. The van der Waals surface area contributed by atoms with Crippen LogP contribution in [0.1, 0.15) is 39.6 Å². The van der Waals surface area contributed by atoms with Gasteiger partial charge in [0.2, 0.25) is 5.82 Å². The number of alkyl halides is 2. The molecule has 5 heteroatoms. The molecule has 0 spiro atoms. The largest absolute Gasteiger partial charge is 0.429 e. The van der Waals surface area contributed by atoms with Gasteiger partial charge in [0.25, 0.3) is 0 Å². The molecule has 1 saturated carbocycles. The summed E-state index contributed by atoms with van der Waals surface area (Å²) in [4.78, 5) is 0. The van der Waals surface area contributed by atoms with Crippen molar-refractivity contribution in [3.05, 3.63) is 29.3 Å². The van der Waals surface area contributed by atoms with E-state index in [4.69, 9.17) is 0 Å². The van der Waals surface area contributed by atoms with E-state index in [-0.39, 0.29) is 6.99 Å². The molecule has 0 radical (unpaired) electrons. The maximum atomic E-state index is 14.0. The fourth-order valence-corrected chi connectivity index (χ4v) is 2.53. The number of halogens is 4. The van der Waals surface area contributed by atoms with E-state index in [1.54, 1.807) is 0 Å². The minimum Gasteiger partial charge on any atom is -0.429 e. The molecule has 1 aliphatic carbocycles. The maximum Gasteiger partial charge on any atom is 0.400 e. The van der Waals surface area contributed by atoms with Crippen LogP contribution in [0.25, 0.3) is 0 Å². The van der Waals surface area contributed by atoms with Crippen molar-refractivity contribution >= 4 is 0 Å². The Morgan fingerprint density at radius 1 is 1.10 bits per heavy atom. The topological polar surface area (TPSA) is 9.23 Å². The molecule has 1 aromatic rings. The third-order valence-corrected chi connectivity index (χ3v) is 3.98. The molecule has 0 heterocycles. The summed E-state index contributed by atoms with van der Waals surface area (Å²) in [5.74, 6) is -3.74. The molecule has 20 heavy (non-hydrogen) atoms. The third kappa shape index (κ3) is 3.07. The number of aryl methyl sites for hydroxylation is 1. The summed E-state index contributed by atoms with van der Waals surface area (Å²) in [7, 11) is 0. The van der Waals surface area contributed by atoms with Crippen LogP contribution in [0.2, 0.25) is 0 Å². The van der Waals surface area contributed by atoms with Gasteiger partial charge in [0.1, 0.15) is 0 Å². The van der Waals surface area contributed by atoms with Crippen LogP contribution in [0, 0.1) is 30.4 Å². The lowest BCUT2D eigenvalue weighted by molar-refractivity contribution is -0.224. The average Bonchev–Trinajstić information content (AvgIpc) is 2.40. The highest BCUT2D eigenvalue weighted by Crippen LogP contribution is 2.40. The highest BCUT2D eigenvalue weighted by atomic mass is 19.3. The van der Waals surface area contributed by atoms with Gasteiger partial charge in [-0.25, -0.2) is 4.39 Å². The molecule has 0 N–H and O–H groups in total. The fraction of sp³-hybridized carbons (Fsp3) is 0.600. The Kier molecular flexibility index (Phi) is 4.25. The molecule has 1 aliphatic rings. The van der Waals surface area contributed by atoms with Gasteiger partial charge in [-0.3, -0.25) is 0 Å². The Labute approximate surface area is 117 Å². The van der Waals surface area contributed by atoms with Gasteiger partial charge in [-0.1, -0.05) is 25.8 Å². The Morgan fingerprint density at radius 3 is 2.30 bits per heavy atom. The van der Waals surface area contributed by atoms with Crippen molar-refractivity contribution in [2.45, 2.75) is 45.6 Å². The minimum atomic E-state index is -3.47. The normalized spacial score (nSPS) is 23.7. The number of rotatable bonds is 3. The van der Waals surface area contributed by atoms with Crippen LogP contribution in [0.3, 0.4) is 0 Å². The predicted octanol–water partition coefficient (Wildman–Crippen LogP) is 5.32. The second-order valence-corrected chi connectivity index (χ2v) is 5.63. The van der Waals surface area contributed by atoms with Crippen molar-refractivity contribution in [2.24, 2.45) is 11.8 Å². The number of hydrogen-bond acceptors (Lipinski definition) is 1. The Morgan fingerprint density at radius 2 is 1.70 bits per heavy atom. The SMILES string of the molecule is Cc1ccc(OC(F)(F)C2CCC(C)CC2)c(F)c1F.[HH]. The quantitative estimate of drug-likeness (QED) is 0.685. The van der Waals surface area contributed by atoms with Crippen molar-refractivity contribution in [3.8, 4) is 5.75 Å². The van der Waals surface area contributed by atoms with E-state index in [0.717, 1.165) is 6.07 Å². The molecular formula is C15H20F4O. The lowest BCUT2D eigenvalue weighted by atomic mass is 9.82. The fourth-order valence-electron chi connectivity index (χ4n) is 2.53. The molecule has 0 aliphatic heterocycles. The molecule has 0 unspecified atom stereocenters. The van der Waals surface area contributed by atoms with Gasteiger partial charge in [0.05, 0.1) is 5.92 Å². The van der Waals surface area contributed by atoms with Gasteiger partial charge in [-0.2, -0.15) is 13.2 Å². The van der Waals surface area contributed by atoms with Crippen LogP contribution in [0.15, 0.2) is 12.1 Å². The second kappa shape index (κ2) is 5.62. The summed E-state index contributed by atoms with van der Waals surface area (Å²) >= 11 is 0. The summed E-state index contributed by atoms with van der Waals surface area (Å²) in [6.07, 6.45) is -1.39. The molecular weight excluding hydrogens is 272 g/mol. The second-order valence-electron chi connectivity index (χ2n) is 5.63. The van der Waals surface area contributed by atoms with Crippen LogP contribution in [0.4, 0.5) is 17.6 Å². The summed E-state index contributed by atoms with van der Waals surface area (Å²) in [5.41, 5.74) is 0.0599. The molecule has 1 fully saturated rings. The van der Waals surface area contributed by atoms with Crippen molar-refractivity contribution < 1.29 is 23.7 Å². The van der Waals surface area contributed by atoms with Crippen LogP contribution >= 0.6 is 0 Å². The molecule has 1 aromatic carbocycles. The monoisotopic (exact) mass is 292 g/mol. The van der Waals surface area contributed by atoms with Gasteiger partial charge in [0.15, 0.2) is 11.6 Å². The molecule has 2 rings (SSSR count). The average molecular weight is 292 g/mol. The van der Waals surface area contributed by atoms with E-state index in [9.17, 15) is 17.6 Å². The molecule has 0 amide bonds. The molecule has 0 aromatic heterocycles. The molecule has 0 bridgehead atoms. The van der Waals surface area contributed by atoms with Crippen molar-refractivity contribution in [1.29, 1.82) is 0 Å². The number of ether oxygens (including phenoxy) is 1. The first-order valence-corrected chi connectivity index (χ1v) is 6.82. The standard InChI is InChI=1S/C15H18F4O.H2/c1-9-3-6-11(7-4-9)15(18,19)20-12-8-5-10(2)13(16)14(12)17;/h5,8-9,11H,3-4,6-7H2,1-2H3;1H. The van der Waals surface area contributed by atoms with Crippen LogP contribution in [-0.2, 0) is 0 Å². The predicted molar refractivity (Wildman–Crippen MR) is 69.9 cm³/mol. The molecule has 1 nitrogen and oxygen atoms in total. The van der Waals surface area contributed by atoms with Gasteiger partial charge in [0, 0.05) is 1.43 Å². The van der Waals surface area contributed by atoms with Crippen LogP contribution in [0.5, 0.6) is 5.75 Å². The number of hydrogen-bond donors (Lipinski definition) is 0. The van der Waals surface area contributed by atoms with E-state index in [1.165, 1.54) is 13.0 Å². The Bertz CT molecular complexity index is 485. The summed E-state index contributed by atoms with van der Waals surface area (Å²) < 4.78 is 59.5. The van der Waals surface area contributed by atoms with E-state index in [2.05, 4.69) is 4.74 Å². The molecule has 0 saturated heterocycles. The van der Waals surface area contributed by atoms with E-state index in [0.29, 0.717) is 31.6 Å². The first-order valence-electron chi connectivity index (χ1n) is 6.82. The summed E-state index contributed by atoms with van der Waals surface area (Å²) in [6, 6.07) is 2.28. The van der Waals surface area contributed by atoms with Crippen molar-refractivity contribution in [2.75, 3.05) is 0 Å². The van der Waals surface area contributed by atoms with Gasteiger partial charge >= 0.3 is 6.11 Å². The van der Waals surface area contributed by atoms with E-state index < -0.39 is 29.4 Å². The Balaban J connectivity index is 0.00000220. The zero-order chi connectivity index (χ0) is 14.9. The molecule has 0 atom stereocenters. The summed E-state index contributed by atoms with van der Waals surface area (Å²) in [6.45, 7) is 3.38. The third-order valence-electron chi connectivity index (χ3n) is 3.98.